The highest BCUT2D eigenvalue weighted by atomic mass is 16.3. The highest BCUT2D eigenvalue weighted by Gasteiger charge is 2.28. The largest absolute Gasteiger partial charge is 0.390 e. The summed E-state index contributed by atoms with van der Waals surface area (Å²) in [7, 11) is 0. The minimum atomic E-state index is -1.25. The number of amides is 1. The Morgan fingerprint density at radius 3 is 2.38 bits per heavy atom. The summed E-state index contributed by atoms with van der Waals surface area (Å²) >= 11 is 0. The topological polar surface area (TPSA) is 110 Å². The van der Waals surface area contributed by atoms with Gasteiger partial charge in [0, 0.05) is 17.5 Å². The van der Waals surface area contributed by atoms with Gasteiger partial charge in [-0.15, -0.1) is 0 Å². The quantitative estimate of drug-likeness (QED) is 0.566. The Morgan fingerprint density at radius 2 is 1.76 bits per heavy atom. The van der Waals surface area contributed by atoms with E-state index in [-0.39, 0.29) is 18.6 Å². The third-order valence-corrected chi connectivity index (χ3v) is 4.72. The smallest absolute Gasteiger partial charge is 0.251 e. The number of carbonyl (C=O) groups is 2. The molecule has 1 amide bonds. The third-order valence-electron chi connectivity index (χ3n) is 4.72. The van der Waals surface area contributed by atoms with Gasteiger partial charge >= 0.3 is 0 Å². The lowest BCUT2D eigenvalue weighted by Crippen LogP contribution is -2.49. The third kappa shape index (κ3) is 6.53. The molecule has 2 aromatic rings. The van der Waals surface area contributed by atoms with Gasteiger partial charge in [-0.1, -0.05) is 30.3 Å². The number of nitrogens with zero attached hydrogens (tertiary/aromatic N) is 1. The summed E-state index contributed by atoms with van der Waals surface area (Å²) in [6, 6.07) is 15.4. The maximum Gasteiger partial charge on any atom is 0.251 e. The zero-order valence-corrected chi connectivity index (χ0v) is 16.6. The molecule has 152 valence electrons. The van der Waals surface area contributed by atoms with Crippen LogP contribution in [0.4, 0.5) is 0 Å². The number of aliphatic hydroxyl groups excluding tert-OH is 2. The van der Waals surface area contributed by atoms with Gasteiger partial charge in [0.05, 0.1) is 18.2 Å². The van der Waals surface area contributed by atoms with Crippen molar-refractivity contribution in [3.8, 4) is 6.07 Å². The lowest BCUT2D eigenvalue weighted by Gasteiger charge is -2.28. The molecule has 0 radical (unpaired) electrons. The van der Waals surface area contributed by atoms with Crippen LogP contribution in [0.1, 0.15) is 51.6 Å². The van der Waals surface area contributed by atoms with Crippen LogP contribution in [-0.4, -0.2) is 40.2 Å². The molecular weight excluding hydrogens is 368 g/mol. The molecule has 0 spiro atoms. The highest BCUT2D eigenvalue weighted by molar-refractivity contribution is 6.00. The second-order valence-electron chi connectivity index (χ2n) is 7.17. The van der Waals surface area contributed by atoms with Gasteiger partial charge in [0.15, 0.2) is 5.78 Å². The van der Waals surface area contributed by atoms with Gasteiger partial charge in [0.2, 0.25) is 0 Å². The van der Waals surface area contributed by atoms with Crippen LogP contribution >= 0.6 is 0 Å². The van der Waals surface area contributed by atoms with Gasteiger partial charge in [-0.2, -0.15) is 5.26 Å². The second kappa shape index (κ2) is 10.5. The van der Waals surface area contributed by atoms with Crippen LogP contribution in [0.2, 0.25) is 0 Å². The average molecular weight is 394 g/mol. The van der Waals surface area contributed by atoms with Crippen molar-refractivity contribution in [1.29, 1.82) is 5.26 Å². The van der Waals surface area contributed by atoms with Gasteiger partial charge in [-0.25, -0.2) is 0 Å². The molecule has 3 atom stereocenters. The second-order valence-corrected chi connectivity index (χ2v) is 7.17. The van der Waals surface area contributed by atoms with E-state index < -0.39 is 24.2 Å². The van der Waals surface area contributed by atoms with Crippen LogP contribution in [0.15, 0.2) is 48.5 Å². The molecular formula is C23H26N2O4. The zero-order valence-electron chi connectivity index (χ0n) is 16.6. The first-order chi connectivity index (χ1) is 13.8. The van der Waals surface area contributed by atoms with Crippen molar-refractivity contribution in [2.45, 2.75) is 51.4 Å². The standard InChI is InChI=1S/C23H26N2O4/c1-15-11-18(16(2)26)14-19(12-15)23(29)25-20(13-17-7-4-3-5-8-17)22(28)21(27)9-6-10-24/h3-5,7-8,11-12,14,20-22,27-28H,6,9,13H2,1-2H3,(H,25,29). The fourth-order valence-corrected chi connectivity index (χ4v) is 3.15. The summed E-state index contributed by atoms with van der Waals surface area (Å²) in [5.74, 6) is -0.584. The Morgan fingerprint density at radius 1 is 1.10 bits per heavy atom. The first-order valence-electron chi connectivity index (χ1n) is 9.52. The van der Waals surface area contributed by atoms with Crippen molar-refractivity contribution in [3.63, 3.8) is 0 Å². The number of ketones is 1. The van der Waals surface area contributed by atoms with E-state index in [0.717, 1.165) is 11.1 Å². The first kappa shape index (κ1) is 22.3. The van der Waals surface area contributed by atoms with E-state index in [1.165, 1.54) is 13.0 Å². The molecule has 0 saturated heterocycles. The van der Waals surface area contributed by atoms with Crippen molar-refractivity contribution in [3.05, 3.63) is 70.8 Å². The van der Waals surface area contributed by atoms with Crippen molar-refractivity contribution >= 4 is 11.7 Å². The van der Waals surface area contributed by atoms with Gasteiger partial charge in [0.1, 0.15) is 6.10 Å². The van der Waals surface area contributed by atoms with Crippen LogP contribution < -0.4 is 5.32 Å². The highest BCUT2D eigenvalue weighted by Crippen LogP contribution is 2.15. The molecule has 2 aromatic carbocycles. The molecule has 0 saturated carbocycles. The predicted octanol–water partition coefficient (Wildman–Crippen LogP) is 2.56. The molecule has 3 unspecified atom stereocenters. The van der Waals surface area contributed by atoms with Crippen LogP contribution in [0.3, 0.4) is 0 Å². The van der Waals surface area contributed by atoms with E-state index in [1.807, 2.05) is 36.4 Å². The maximum atomic E-state index is 12.8. The summed E-state index contributed by atoms with van der Waals surface area (Å²) in [5, 5.41) is 32.4. The van der Waals surface area contributed by atoms with Gasteiger partial charge < -0.3 is 15.5 Å². The van der Waals surface area contributed by atoms with E-state index in [4.69, 9.17) is 5.26 Å². The fourth-order valence-electron chi connectivity index (χ4n) is 3.15. The van der Waals surface area contributed by atoms with E-state index in [0.29, 0.717) is 17.5 Å². The number of carbonyl (C=O) groups excluding carboxylic acids is 2. The van der Waals surface area contributed by atoms with E-state index in [1.54, 1.807) is 19.1 Å². The van der Waals surface area contributed by atoms with Gasteiger partial charge in [-0.05, 0) is 56.0 Å². The molecule has 6 heteroatoms. The minimum Gasteiger partial charge on any atom is -0.390 e. The summed E-state index contributed by atoms with van der Waals surface area (Å²) < 4.78 is 0. The molecule has 0 fully saturated rings. The number of rotatable bonds is 9. The molecule has 3 N–H and O–H groups in total. The van der Waals surface area contributed by atoms with Crippen LogP contribution in [-0.2, 0) is 6.42 Å². The molecule has 0 bridgehead atoms. The van der Waals surface area contributed by atoms with Crippen LogP contribution in [0.25, 0.3) is 0 Å². The lowest BCUT2D eigenvalue weighted by molar-refractivity contribution is -0.00642. The molecule has 0 heterocycles. The number of nitrogens with one attached hydrogen (secondary N) is 1. The predicted molar refractivity (Wildman–Crippen MR) is 109 cm³/mol. The molecule has 29 heavy (non-hydrogen) atoms. The molecule has 0 aliphatic rings. The van der Waals surface area contributed by atoms with E-state index in [2.05, 4.69) is 5.32 Å². The Balaban J connectivity index is 2.25. The molecule has 2 rings (SSSR count). The summed E-state index contributed by atoms with van der Waals surface area (Å²) in [5.41, 5.74) is 2.41. The number of hydrogen-bond donors (Lipinski definition) is 3. The van der Waals surface area contributed by atoms with Crippen molar-refractivity contribution in [2.75, 3.05) is 0 Å². The number of hydrogen-bond acceptors (Lipinski definition) is 5. The number of Topliss-reactive ketones (excluding diaryl/α,β-unsaturated/α-hetero) is 1. The first-order valence-corrected chi connectivity index (χ1v) is 9.52. The lowest BCUT2D eigenvalue weighted by atomic mass is 9.95. The monoisotopic (exact) mass is 394 g/mol. The summed E-state index contributed by atoms with van der Waals surface area (Å²) in [6.45, 7) is 3.23. The number of aryl methyl sites for hydroxylation is 1. The zero-order chi connectivity index (χ0) is 21.4. The van der Waals surface area contributed by atoms with E-state index >= 15 is 0 Å². The maximum absolute atomic E-state index is 12.8. The molecule has 0 aliphatic heterocycles. The van der Waals surface area contributed by atoms with Crippen molar-refractivity contribution in [2.24, 2.45) is 0 Å². The molecule has 0 aromatic heterocycles. The number of benzene rings is 2. The van der Waals surface area contributed by atoms with Crippen molar-refractivity contribution < 1.29 is 19.8 Å². The Bertz CT molecular complexity index is 889. The van der Waals surface area contributed by atoms with E-state index in [9.17, 15) is 19.8 Å². The number of nitriles is 1. The average Bonchev–Trinajstić information content (AvgIpc) is 2.71. The van der Waals surface area contributed by atoms with Crippen molar-refractivity contribution in [1.82, 2.24) is 5.32 Å². The summed E-state index contributed by atoms with van der Waals surface area (Å²) in [6.07, 6.45) is -1.87. The fraction of sp³-hybridized carbons (Fsp3) is 0.348. The Hall–Kier alpha value is -3.01. The Kier molecular flexibility index (Phi) is 8.08. The SMILES string of the molecule is CC(=O)c1cc(C)cc(C(=O)NC(Cc2ccccc2)C(O)C(O)CCC#N)c1. The molecule has 6 nitrogen and oxygen atoms in total. The van der Waals surface area contributed by atoms with Gasteiger partial charge in [-0.3, -0.25) is 9.59 Å². The Labute approximate surface area is 170 Å². The molecule has 0 aliphatic carbocycles. The van der Waals surface area contributed by atoms with Gasteiger partial charge in [0.25, 0.3) is 5.91 Å². The number of aliphatic hydroxyl groups is 2. The van der Waals surface area contributed by atoms with Crippen LogP contribution in [0.5, 0.6) is 0 Å². The normalized spacial score (nSPS) is 13.8. The van der Waals surface area contributed by atoms with Crippen LogP contribution in [0, 0.1) is 18.3 Å². The minimum absolute atomic E-state index is 0.101. The summed E-state index contributed by atoms with van der Waals surface area (Å²) in [4.78, 5) is 24.5.